The Morgan fingerprint density at radius 2 is 1.57 bits per heavy atom. The molecule has 0 atom stereocenters. The van der Waals surface area contributed by atoms with Crippen molar-refractivity contribution in [1.29, 1.82) is 0 Å². The zero-order chi connectivity index (χ0) is 15.3. The number of pyridine rings is 1. The summed E-state index contributed by atoms with van der Waals surface area (Å²) in [6.45, 7) is 1.18. The smallest absolute Gasteiger partial charge is 0.231 e. The first-order valence-electron chi connectivity index (χ1n) is 5.86. The van der Waals surface area contributed by atoms with Gasteiger partial charge in [0, 0.05) is 17.7 Å². The Morgan fingerprint density at radius 1 is 0.952 bits per heavy atom. The molecule has 112 valence electrons. The van der Waals surface area contributed by atoms with E-state index in [0.29, 0.717) is 6.79 Å². The fraction of sp³-hybridized carbons (Fsp3) is 0.154. The van der Waals surface area contributed by atoms with E-state index in [9.17, 15) is 0 Å². The monoisotopic (exact) mass is 313 g/mol. The van der Waals surface area contributed by atoms with Crippen molar-refractivity contribution in [2.75, 3.05) is 6.79 Å². The average molecular weight is 314 g/mol. The van der Waals surface area contributed by atoms with Gasteiger partial charge in [-0.2, -0.15) is 0 Å². The molecule has 2 aromatic rings. The molecular weight excluding hydrogens is 302 g/mol. The van der Waals surface area contributed by atoms with Crippen molar-refractivity contribution >= 4 is 0 Å². The van der Waals surface area contributed by atoms with Gasteiger partial charge in [-0.1, -0.05) is 6.07 Å². The van der Waals surface area contributed by atoms with Crippen LogP contribution in [0.2, 0.25) is 0 Å². The van der Waals surface area contributed by atoms with Gasteiger partial charge in [0.1, 0.15) is 0 Å². The van der Waals surface area contributed by atoms with Crippen molar-refractivity contribution < 1.29 is 42.9 Å². The lowest BCUT2D eigenvalue weighted by molar-refractivity contribution is -2.00. The molecule has 21 heavy (non-hydrogen) atoms. The van der Waals surface area contributed by atoms with Gasteiger partial charge in [0.2, 0.25) is 6.79 Å². The SMILES string of the molecule is [O-][Cl+3]([O-])([O-])[O-].c1cc[n+](Cc2ccc3c(c2)OCO3)cc1. The summed E-state index contributed by atoms with van der Waals surface area (Å²) < 4.78 is 46.7. The highest BCUT2D eigenvalue weighted by atomic mass is 35.7. The molecule has 1 aliphatic heterocycles. The van der Waals surface area contributed by atoms with Crippen LogP contribution in [0.3, 0.4) is 0 Å². The van der Waals surface area contributed by atoms with Crippen LogP contribution in [-0.2, 0) is 6.54 Å². The van der Waals surface area contributed by atoms with E-state index in [4.69, 9.17) is 28.1 Å². The largest absolute Gasteiger partial charge is 0.454 e. The van der Waals surface area contributed by atoms with Crippen molar-refractivity contribution in [3.05, 3.63) is 54.4 Å². The summed E-state index contributed by atoms with van der Waals surface area (Å²) in [7, 11) is -4.94. The number of hydrogen-bond acceptors (Lipinski definition) is 6. The Hall–Kier alpha value is -1.90. The average Bonchev–Trinajstić information content (AvgIpc) is 2.85. The number of benzene rings is 1. The molecular formula is C13H12ClNO6. The second-order valence-corrected chi connectivity index (χ2v) is 4.87. The highest BCUT2D eigenvalue weighted by Gasteiger charge is 2.14. The number of fused-ring (bicyclic) bond motifs is 1. The van der Waals surface area contributed by atoms with E-state index in [2.05, 4.69) is 10.6 Å². The molecule has 0 spiro atoms. The number of rotatable bonds is 2. The quantitative estimate of drug-likeness (QED) is 0.546. The molecule has 0 bridgehead atoms. The molecule has 0 fully saturated rings. The van der Waals surface area contributed by atoms with Gasteiger partial charge in [0.15, 0.2) is 30.4 Å². The Morgan fingerprint density at radius 3 is 2.24 bits per heavy atom. The van der Waals surface area contributed by atoms with Crippen LogP contribution in [0, 0.1) is 10.2 Å². The second-order valence-electron chi connectivity index (χ2n) is 4.11. The molecule has 8 heteroatoms. The summed E-state index contributed by atoms with van der Waals surface area (Å²) in [4.78, 5) is 0. The standard InChI is InChI=1S/C13H12NO2.ClHO4/c1-2-6-14(7-3-1)9-11-4-5-12-13(8-11)16-10-15-12;2-1(3,4)5/h1-8H,9-10H2;(H,2,3,4,5)/q+1;/p-1. The molecule has 0 aliphatic carbocycles. The fourth-order valence-electron chi connectivity index (χ4n) is 1.79. The minimum Gasteiger partial charge on any atom is -0.454 e. The summed E-state index contributed by atoms with van der Waals surface area (Å²) in [6.07, 6.45) is 4.09. The third-order valence-corrected chi connectivity index (χ3v) is 2.58. The lowest BCUT2D eigenvalue weighted by Crippen LogP contribution is -2.68. The zero-order valence-electron chi connectivity index (χ0n) is 10.8. The predicted molar refractivity (Wildman–Crippen MR) is 58.3 cm³/mol. The van der Waals surface area contributed by atoms with Crippen molar-refractivity contribution in [1.82, 2.24) is 0 Å². The first-order chi connectivity index (χ1) is 9.92. The van der Waals surface area contributed by atoms with Gasteiger partial charge in [-0.3, -0.25) is 0 Å². The van der Waals surface area contributed by atoms with Crippen LogP contribution in [0.1, 0.15) is 5.56 Å². The lowest BCUT2D eigenvalue weighted by Gasteiger charge is -2.17. The van der Waals surface area contributed by atoms with Crippen LogP contribution in [0.25, 0.3) is 0 Å². The van der Waals surface area contributed by atoms with Gasteiger partial charge in [0.05, 0.1) is 0 Å². The van der Waals surface area contributed by atoms with Gasteiger partial charge < -0.3 is 9.47 Å². The first kappa shape index (κ1) is 15.5. The highest BCUT2D eigenvalue weighted by molar-refractivity contribution is 5.44. The van der Waals surface area contributed by atoms with E-state index >= 15 is 0 Å². The molecule has 0 N–H and O–H groups in total. The summed E-state index contributed by atoms with van der Waals surface area (Å²) in [5.41, 5.74) is 1.21. The van der Waals surface area contributed by atoms with Crippen molar-refractivity contribution in [3.8, 4) is 11.5 Å². The molecule has 0 saturated carbocycles. The Bertz CT molecular complexity index is 581. The molecule has 1 aromatic carbocycles. The molecule has 2 heterocycles. The lowest BCUT2D eigenvalue weighted by atomic mass is 10.2. The number of aromatic nitrogens is 1. The van der Waals surface area contributed by atoms with Crippen LogP contribution >= 0.6 is 0 Å². The Labute approximate surface area is 123 Å². The van der Waals surface area contributed by atoms with E-state index in [1.165, 1.54) is 5.56 Å². The molecule has 0 radical (unpaired) electrons. The maximum Gasteiger partial charge on any atom is 0.231 e. The topological polar surface area (TPSA) is 115 Å². The third kappa shape index (κ3) is 5.54. The van der Waals surface area contributed by atoms with E-state index in [0.717, 1.165) is 18.0 Å². The van der Waals surface area contributed by atoms with Gasteiger partial charge >= 0.3 is 0 Å². The maximum absolute atomic E-state index is 8.49. The van der Waals surface area contributed by atoms with Crippen LogP contribution in [0.5, 0.6) is 11.5 Å². The van der Waals surface area contributed by atoms with Gasteiger partial charge in [-0.05, 0) is 18.2 Å². The molecule has 3 rings (SSSR count). The van der Waals surface area contributed by atoms with Crippen molar-refractivity contribution in [3.63, 3.8) is 0 Å². The number of nitrogens with zero attached hydrogens (tertiary/aromatic N) is 1. The van der Waals surface area contributed by atoms with Crippen molar-refractivity contribution in [2.45, 2.75) is 6.54 Å². The molecule has 0 saturated heterocycles. The van der Waals surface area contributed by atoms with E-state index in [1.54, 1.807) is 0 Å². The highest BCUT2D eigenvalue weighted by Crippen LogP contribution is 2.32. The van der Waals surface area contributed by atoms with Crippen LogP contribution in [0.15, 0.2) is 48.8 Å². The van der Waals surface area contributed by atoms with Crippen molar-refractivity contribution in [2.24, 2.45) is 0 Å². The maximum atomic E-state index is 8.49. The molecule has 0 amide bonds. The molecule has 1 aliphatic rings. The summed E-state index contributed by atoms with van der Waals surface area (Å²) in [5, 5.41) is 0. The Kier molecular flexibility index (Phi) is 4.94. The van der Waals surface area contributed by atoms with E-state index in [-0.39, 0.29) is 0 Å². The molecule has 7 nitrogen and oxygen atoms in total. The Balaban J connectivity index is 0.000000282. The normalized spacial score (nSPS) is 12.6. The first-order valence-corrected chi connectivity index (χ1v) is 7.09. The minimum absolute atomic E-state index is 0.331. The van der Waals surface area contributed by atoms with Gasteiger partial charge in [-0.25, -0.2) is 23.2 Å². The zero-order valence-corrected chi connectivity index (χ0v) is 11.6. The fourth-order valence-corrected chi connectivity index (χ4v) is 1.79. The number of hydrogen-bond donors (Lipinski definition) is 0. The summed E-state index contributed by atoms with van der Waals surface area (Å²) >= 11 is 0. The van der Waals surface area contributed by atoms with Crippen LogP contribution in [0.4, 0.5) is 0 Å². The third-order valence-electron chi connectivity index (χ3n) is 2.58. The molecule has 1 aromatic heterocycles. The minimum atomic E-state index is -4.94. The van der Waals surface area contributed by atoms with E-state index < -0.39 is 10.2 Å². The molecule has 0 unspecified atom stereocenters. The van der Waals surface area contributed by atoms with Gasteiger partial charge in [0.25, 0.3) is 0 Å². The van der Waals surface area contributed by atoms with E-state index in [1.807, 2.05) is 42.7 Å². The number of halogens is 1. The second kappa shape index (κ2) is 6.70. The predicted octanol–water partition coefficient (Wildman–Crippen LogP) is -3.00. The van der Waals surface area contributed by atoms with Crippen LogP contribution in [-0.4, -0.2) is 6.79 Å². The summed E-state index contributed by atoms with van der Waals surface area (Å²) in [6, 6.07) is 12.1. The number of ether oxygens (including phenoxy) is 2. The van der Waals surface area contributed by atoms with Crippen LogP contribution < -0.4 is 32.7 Å². The van der Waals surface area contributed by atoms with Gasteiger partial charge in [-0.15, -0.1) is 10.2 Å². The summed E-state index contributed by atoms with van der Waals surface area (Å²) in [5.74, 6) is 1.68.